The van der Waals surface area contributed by atoms with Crippen LogP contribution in [-0.2, 0) is 16.0 Å². The lowest BCUT2D eigenvalue weighted by Crippen LogP contribution is -2.47. The second kappa shape index (κ2) is 10.2. The summed E-state index contributed by atoms with van der Waals surface area (Å²) in [6.07, 6.45) is 6.27. The number of carbonyl (C=O) groups excluding carboxylic acids is 2. The monoisotopic (exact) mass is 407 g/mol. The van der Waals surface area contributed by atoms with Crippen molar-refractivity contribution >= 4 is 29.1 Å². The first-order chi connectivity index (χ1) is 14.5. The van der Waals surface area contributed by atoms with E-state index >= 15 is 0 Å². The molecule has 1 atom stereocenters. The average Bonchev–Trinajstić information content (AvgIpc) is 3.15. The van der Waals surface area contributed by atoms with Crippen LogP contribution in [0.3, 0.4) is 0 Å². The molecule has 0 aliphatic rings. The Morgan fingerprint density at radius 3 is 2.73 bits per heavy atom. The number of amides is 2. The Morgan fingerprint density at radius 2 is 1.97 bits per heavy atom. The molecule has 0 saturated heterocycles. The van der Waals surface area contributed by atoms with E-state index < -0.39 is 18.0 Å². The highest BCUT2D eigenvalue weighted by atomic mass is 16.5. The molecule has 0 bridgehead atoms. The fourth-order valence-electron chi connectivity index (χ4n) is 2.85. The van der Waals surface area contributed by atoms with E-state index in [-0.39, 0.29) is 18.9 Å². The average molecular weight is 407 g/mol. The number of carbonyl (C=O) groups is 2. The van der Waals surface area contributed by atoms with E-state index in [1.54, 1.807) is 24.5 Å². The number of aromatic nitrogens is 2. The number of nitrogens with zero attached hydrogens (tertiary/aromatic N) is 2. The predicted octanol–water partition coefficient (Wildman–Crippen LogP) is 3.01. The maximum absolute atomic E-state index is 12.8. The Morgan fingerprint density at radius 1 is 1.20 bits per heavy atom. The van der Waals surface area contributed by atoms with Gasteiger partial charge in [-0.2, -0.15) is 5.10 Å². The van der Waals surface area contributed by atoms with Crippen LogP contribution in [0.5, 0.6) is 0 Å². The molecule has 0 fully saturated rings. The molecule has 0 aliphatic heterocycles. The number of hydrazone groups is 1. The predicted molar refractivity (Wildman–Crippen MR) is 115 cm³/mol. The standard InChI is InChI=1S/C22H25N5O3/c1-15(2)14-30-22(29)26-20(11-17-13-24-19-6-4-3-5-18(17)19)21(28)27-25-12-16-7-9-23-10-8-16/h3-10,12-13,15,20,24H,11,14H2,1-2H3,(H,26,29)(H,27,28)/b25-12-. The van der Waals surface area contributed by atoms with Crippen LogP contribution >= 0.6 is 0 Å². The number of rotatable bonds is 8. The third kappa shape index (κ3) is 5.91. The van der Waals surface area contributed by atoms with E-state index in [4.69, 9.17) is 4.74 Å². The minimum atomic E-state index is -0.849. The van der Waals surface area contributed by atoms with Crippen molar-refractivity contribution in [2.45, 2.75) is 26.3 Å². The smallest absolute Gasteiger partial charge is 0.407 e. The number of ether oxygens (including phenoxy) is 1. The zero-order chi connectivity index (χ0) is 21.3. The van der Waals surface area contributed by atoms with Gasteiger partial charge >= 0.3 is 6.09 Å². The maximum atomic E-state index is 12.8. The first-order valence-electron chi connectivity index (χ1n) is 9.74. The van der Waals surface area contributed by atoms with Crippen molar-refractivity contribution in [3.63, 3.8) is 0 Å². The van der Waals surface area contributed by atoms with Crippen LogP contribution in [0.1, 0.15) is 25.0 Å². The quantitative estimate of drug-likeness (QED) is 0.394. The summed E-state index contributed by atoms with van der Waals surface area (Å²) in [4.78, 5) is 32.0. The third-order valence-electron chi connectivity index (χ3n) is 4.35. The lowest BCUT2D eigenvalue weighted by Gasteiger charge is -2.17. The van der Waals surface area contributed by atoms with E-state index in [1.807, 2.05) is 44.3 Å². The summed E-state index contributed by atoms with van der Waals surface area (Å²) in [5.41, 5.74) is 5.16. The molecule has 0 spiro atoms. The number of para-hydroxylation sites is 1. The SMILES string of the molecule is CC(C)COC(=O)NC(Cc1c[nH]c2ccccc12)C(=O)N/N=C\c1ccncc1. The maximum Gasteiger partial charge on any atom is 0.407 e. The number of H-pyrrole nitrogens is 1. The van der Waals surface area contributed by atoms with Crippen LogP contribution < -0.4 is 10.7 Å². The van der Waals surface area contributed by atoms with E-state index in [9.17, 15) is 9.59 Å². The van der Waals surface area contributed by atoms with Gasteiger partial charge in [-0.3, -0.25) is 9.78 Å². The Kier molecular flexibility index (Phi) is 7.15. The summed E-state index contributed by atoms with van der Waals surface area (Å²) in [7, 11) is 0. The van der Waals surface area contributed by atoms with Gasteiger partial charge in [0, 0.05) is 35.9 Å². The fraction of sp³-hybridized carbons (Fsp3) is 0.273. The molecule has 30 heavy (non-hydrogen) atoms. The number of benzene rings is 1. The molecule has 156 valence electrons. The Bertz CT molecular complexity index is 1010. The second-order valence-electron chi connectivity index (χ2n) is 7.27. The van der Waals surface area contributed by atoms with Crippen LogP contribution in [0.2, 0.25) is 0 Å². The van der Waals surface area contributed by atoms with Gasteiger partial charge in [-0.25, -0.2) is 10.2 Å². The van der Waals surface area contributed by atoms with Gasteiger partial charge in [-0.15, -0.1) is 0 Å². The summed E-state index contributed by atoms with van der Waals surface area (Å²) >= 11 is 0. The highest BCUT2D eigenvalue weighted by molar-refractivity contribution is 5.89. The van der Waals surface area contributed by atoms with Crippen LogP contribution in [0.4, 0.5) is 4.79 Å². The fourth-order valence-corrected chi connectivity index (χ4v) is 2.85. The highest BCUT2D eigenvalue weighted by Gasteiger charge is 2.23. The molecule has 3 N–H and O–H groups in total. The van der Waals surface area contributed by atoms with Gasteiger partial charge in [0.05, 0.1) is 12.8 Å². The molecule has 1 unspecified atom stereocenters. The topological polar surface area (TPSA) is 108 Å². The lowest BCUT2D eigenvalue weighted by atomic mass is 10.0. The van der Waals surface area contributed by atoms with Crippen molar-refractivity contribution in [3.05, 3.63) is 66.1 Å². The third-order valence-corrected chi connectivity index (χ3v) is 4.35. The van der Waals surface area contributed by atoms with Gasteiger partial charge in [-0.1, -0.05) is 32.0 Å². The first-order valence-corrected chi connectivity index (χ1v) is 9.74. The van der Waals surface area contributed by atoms with Gasteiger partial charge < -0.3 is 15.0 Å². The number of alkyl carbamates (subject to hydrolysis) is 1. The minimum Gasteiger partial charge on any atom is -0.449 e. The highest BCUT2D eigenvalue weighted by Crippen LogP contribution is 2.19. The summed E-state index contributed by atoms with van der Waals surface area (Å²) in [6.45, 7) is 4.15. The molecule has 3 aromatic rings. The van der Waals surface area contributed by atoms with Gasteiger partial charge in [0.1, 0.15) is 6.04 Å². The van der Waals surface area contributed by atoms with Crippen molar-refractivity contribution < 1.29 is 14.3 Å². The zero-order valence-corrected chi connectivity index (χ0v) is 17.0. The number of pyridine rings is 1. The van der Waals surface area contributed by atoms with Crippen molar-refractivity contribution in [1.29, 1.82) is 0 Å². The van der Waals surface area contributed by atoms with Gasteiger partial charge in [-0.05, 0) is 35.2 Å². The number of nitrogens with one attached hydrogen (secondary N) is 3. The van der Waals surface area contributed by atoms with Crippen LogP contribution in [0.15, 0.2) is 60.1 Å². The molecule has 2 amide bonds. The zero-order valence-electron chi connectivity index (χ0n) is 17.0. The van der Waals surface area contributed by atoms with Gasteiger partial charge in [0.15, 0.2) is 0 Å². The molecule has 8 heteroatoms. The molecule has 3 rings (SSSR count). The second-order valence-corrected chi connectivity index (χ2v) is 7.27. The molecule has 0 aliphatic carbocycles. The van der Waals surface area contributed by atoms with E-state index in [0.29, 0.717) is 0 Å². The summed E-state index contributed by atoms with van der Waals surface area (Å²) in [5, 5.41) is 7.63. The number of aromatic amines is 1. The molecule has 2 aromatic heterocycles. The molecule has 8 nitrogen and oxygen atoms in total. The van der Waals surface area contributed by atoms with Crippen molar-refractivity contribution in [2.24, 2.45) is 11.0 Å². The Hall–Kier alpha value is -3.68. The molecule has 0 radical (unpaired) electrons. The van der Waals surface area contributed by atoms with Crippen molar-refractivity contribution in [1.82, 2.24) is 20.7 Å². The van der Waals surface area contributed by atoms with Crippen molar-refractivity contribution in [3.8, 4) is 0 Å². The summed E-state index contributed by atoms with van der Waals surface area (Å²) < 4.78 is 5.18. The van der Waals surface area contributed by atoms with Crippen LogP contribution in [0.25, 0.3) is 10.9 Å². The first kappa shape index (κ1) is 21.0. The number of hydrogen-bond acceptors (Lipinski definition) is 5. The molecule has 2 heterocycles. The largest absolute Gasteiger partial charge is 0.449 e. The van der Waals surface area contributed by atoms with E-state index in [2.05, 4.69) is 25.8 Å². The lowest BCUT2D eigenvalue weighted by molar-refractivity contribution is -0.123. The van der Waals surface area contributed by atoms with E-state index in [1.165, 1.54) is 6.21 Å². The summed E-state index contributed by atoms with van der Waals surface area (Å²) in [5.74, 6) is -0.242. The Balaban J connectivity index is 1.71. The summed E-state index contributed by atoms with van der Waals surface area (Å²) in [6, 6.07) is 10.5. The normalized spacial score (nSPS) is 12.2. The van der Waals surface area contributed by atoms with Crippen LogP contribution in [-0.4, -0.2) is 40.8 Å². The molecule has 1 aromatic carbocycles. The molecular weight excluding hydrogens is 382 g/mol. The Labute approximate surface area is 174 Å². The molecule has 0 saturated carbocycles. The van der Waals surface area contributed by atoms with Gasteiger partial charge in [0.2, 0.25) is 0 Å². The van der Waals surface area contributed by atoms with Crippen molar-refractivity contribution in [2.75, 3.05) is 6.61 Å². The number of fused-ring (bicyclic) bond motifs is 1. The molecular formula is C22H25N5O3. The van der Waals surface area contributed by atoms with Gasteiger partial charge in [0.25, 0.3) is 5.91 Å². The van der Waals surface area contributed by atoms with Crippen LogP contribution in [0, 0.1) is 5.92 Å². The van der Waals surface area contributed by atoms with E-state index in [0.717, 1.165) is 22.0 Å². The minimum absolute atomic E-state index is 0.196. The number of hydrogen-bond donors (Lipinski definition) is 3.